The van der Waals surface area contributed by atoms with Gasteiger partial charge in [0.05, 0.1) is 40.3 Å². The summed E-state index contributed by atoms with van der Waals surface area (Å²) in [5.74, 6) is 0. The number of nitriles is 1. The molecular formula is C60H46N4. The molecule has 0 radical (unpaired) electrons. The molecule has 306 valence electrons. The second-order valence-corrected chi connectivity index (χ2v) is 19.2. The van der Waals surface area contributed by atoms with E-state index < -0.39 is 0 Å². The number of hydrogen-bond donors (Lipinski definition) is 0. The van der Waals surface area contributed by atoms with Crippen molar-refractivity contribution in [3.8, 4) is 39.7 Å². The van der Waals surface area contributed by atoms with Gasteiger partial charge < -0.3 is 9.13 Å². The lowest BCUT2D eigenvalue weighted by atomic mass is 9.73. The minimum atomic E-state index is -0.160. The van der Waals surface area contributed by atoms with Crippen molar-refractivity contribution in [3.63, 3.8) is 0 Å². The first kappa shape index (κ1) is 39.0. The molecule has 0 saturated heterocycles. The molecule has 4 nitrogen and oxygen atoms in total. The molecule has 0 N–H and O–H groups in total. The monoisotopic (exact) mass is 822 g/mol. The Hall–Kier alpha value is -7.92. The van der Waals surface area contributed by atoms with Gasteiger partial charge in [0.1, 0.15) is 0 Å². The molecule has 64 heavy (non-hydrogen) atoms. The van der Waals surface area contributed by atoms with E-state index in [1.54, 1.807) is 0 Å². The van der Waals surface area contributed by atoms with Crippen LogP contribution in [-0.2, 0) is 10.8 Å². The van der Waals surface area contributed by atoms with Gasteiger partial charge in [0.2, 0.25) is 0 Å². The highest BCUT2D eigenvalue weighted by Gasteiger charge is 2.28. The summed E-state index contributed by atoms with van der Waals surface area (Å²) in [6.45, 7) is 21.8. The van der Waals surface area contributed by atoms with Crippen molar-refractivity contribution in [1.29, 1.82) is 5.26 Å². The van der Waals surface area contributed by atoms with Crippen LogP contribution in [0, 0.1) is 17.9 Å². The summed E-state index contributed by atoms with van der Waals surface area (Å²) in [7, 11) is 0. The van der Waals surface area contributed by atoms with E-state index in [9.17, 15) is 5.26 Å². The largest absolute Gasteiger partial charge is 0.309 e. The van der Waals surface area contributed by atoms with Crippen LogP contribution in [0.25, 0.3) is 104 Å². The number of hydrogen-bond acceptors (Lipinski definition) is 1. The quantitative estimate of drug-likeness (QED) is 0.129. The fourth-order valence-electron chi connectivity index (χ4n) is 10.4. The highest BCUT2D eigenvalue weighted by atomic mass is 15.0. The van der Waals surface area contributed by atoms with Crippen LogP contribution in [0.2, 0.25) is 0 Å². The Balaban J connectivity index is 1.12. The molecule has 11 rings (SSSR count). The fourth-order valence-corrected chi connectivity index (χ4v) is 10.4. The zero-order valence-electron chi connectivity index (χ0n) is 37.0. The number of rotatable bonds is 4. The van der Waals surface area contributed by atoms with Gasteiger partial charge in [0.15, 0.2) is 5.69 Å². The standard InChI is InChI=1S/C60H46N4/c1-59(2,3)57-46-25-20-39(41-22-28-55-49(32-41)50-35-42(62-7)23-29-56(50)64(55)44-16-12-9-13-17-44)34-52(46)58(60(4,5)6)45-24-19-38(33-51(45)57)40-21-27-54-48(31-40)47-30-37(36-61)18-26-53(47)63(54)43-14-10-8-11-15-43/h8-35H,1-6H3. The molecule has 0 spiro atoms. The lowest BCUT2D eigenvalue weighted by Gasteiger charge is -2.31. The third-order valence-electron chi connectivity index (χ3n) is 13.1. The lowest BCUT2D eigenvalue weighted by Crippen LogP contribution is -2.17. The van der Waals surface area contributed by atoms with E-state index in [4.69, 9.17) is 6.57 Å². The maximum absolute atomic E-state index is 9.91. The predicted octanol–water partition coefficient (Wildman–Crippen LogP) is 16.5. The highest BCUT2D eigenvalue weighted by molar-refractivity contribution is 6.14. The summed E-state index contributed by atoms with van der Waals surface area (Å²) in [6, 6.07) is 63.1. The first-order chi connectivity index (χ1) is 30.9. The van der Waals surface area contributed by atoms with Crippen LogP contribution in [0.4, 0.5) is 5.69 Å². The third kappa shape index (κ3) is 6.10. The molecule has 9 aromatic carbocycles. The van der Waals surface area contributed by atoms with E-state index >= 15 is 0 Å². The molecule has 11 aromatic rings. The van der Waals surface area contributed by atoms with Gasteiger partial charge in [-0.25, -0.2) is 4.85 Å². The second-order valence-electron chi connectivity index (χ2n) is 19.2. The van der Waals surface area contributed by atoms with Crippen molar-refractivity contribution >= 4 is 70.8 Å². The van der Waals surface area contributed by atoms with Gasteiger partial charge in [0.25, 0.3) is 0 Å². The molecule has 0 saturated carbocycles. The van der Waals surface area contributed by atoms with E-state index in [-0.39, 0.29) is 10.8 Å². The molecule has 0 bridgehead atoms. The Labute approximate surface area is 373 Å². The van der Waals surface area contributed by atoms with Crippen LogP contribution >= 0.6 is 0 Å². The Bertz CT molecular complexity index is 3550. The second kappa shape index (κ2) is 14.3. The third-order valence-corrected chi connectivity index (χ3v) is 13.1. The molecule has 0 aliphatic rings. The lowest BCUT2D eigenvalue weighted by molar-refractivity contribution is 0.593. The van der Waals surface area contributed by atoms with Gasteiger partial charge in [-0.05, 0) is 162 Å². The normalized spacial score (nSPS) is 12.2. The summed E-state index contributed by atoms with van der Waals surface area (Å²) >= 11 is 0. The van der Waals surface area contributed by atoms with Gasteiger partial charge in [-0.2, -0.15) is 5.26 Å². The molecule has 0 amide bonds. The summed E-state index contributed by atoms with van der Waals surface area (Å²) in [5.41, 5.74) is 14.9. The number of aromatic nitrogens is 2. The van der Waals surface area contributed by atoms with Crippen LogP contribution in [0.3, 0.4) is 0 Å². The molecule has 4 heteroatoms. The van der Waals surface area contributed by atoms with Crippen molar-refractivity contribution < 1.29 is 0 Å². The van der Waals surface area contributed by atoms with Crippen molar-refractivity contribution in [2.45, 2.75) is 52.4 Å². The van der Waals surface area contributed by atoms with Gasteiger partial charge in [-0.15, -0.1) is 0 Å². The number of fused-ring (bicyclic) bond motifs is 8. The number of nitrogens with zero attached hydrogens (tertiary/aromatic N) is 4. The van der Waals surface area contributed by atoms with Crippen molar-refractivity contribution in [2.75, 3.05) is 0 Å². The Morgan fingerprint density at radius 2 is 0.781 bits per heavy atom. The average Bonchev–Trinajstić information content (AvgIpc) is 3.81. The Morgan fingerprint density at radius 1 is 0.406 bits per heavy atom. The Morgan fingerprint density at radius 3 is 1.20 bits per heavy atom. The van der Waals surface area contributed by atoms with Crippen molar-refractivity contribution in [2.24, 2.45) is 0 Å². The molecule has 0 aliphatic carbocycles. The maximum atomic E-state index is 9.91. The average molecular weight is 823 g/mol. The predicted molar refractivity (Wildman–Crippen MR) is 269 cm³/mol. The first-order valence-electron chi connectivity index (χ1n) is 22.0. The summed E-state index contributed by atoms with van der Waals surface area (Å²) in [5, 5.41) is 19.4. The molecule has 2 aromatic heterocycles. The van der Waals surface area contributed by atoms with E-state index in [0.717, 1.165) is 71.7 Å². The van der Waals surface area contributed by atoms with Gasteiger partial charge in [0, 0.05) is 27.5 Å². The fraction of sp³-hybridized carbons (Fsp3) is 0.133. The van der Waals surface area contributed by atoms with Crippen LogP contribution in [-0.4, -0.2) is 9.13 Å². The minimum absolute atomic E-state index is 0.160. The smallest absolute Gasteiger partial charge is 0.188 e. The molecule has 0 fully saturated rings. The topological polar surface area (TPSA) is 38.0 Å². The molecule has 2 heterocycles. The molecule has 0 atom stereocenters. The first-order valence-corrected chi connectivity index (χ1v) is 22.0. The van der Waals surface area contributed by atoms with E-state index in [0.29, 0.717) is 11.3 Å². The summed E-state index contributed by atoms with van der Waals surface area (Å²) < 4.78 is 4.61. The Kier molecular flexibility index (Phi) is 8.72. The van der Waals surface area contributed by atoms with E-state index in [1.807, 2.05) is 36.4 Å². The number of benzene rings is 9. The highest BCUT2D eigenvalue weighted by Crippen LogP contribution is 2.47. The van der Waals surface area contributed by atoms with Crippen molar-refractivity contribution in [1.82, 2.24) is 9.13 Å². The van der Waals surface area contributed by atoms with Gasteiger partial charge >= 0.3 is 0 Å². The van der Waals surface area contributed by atoms with Gasteiger partial charge in [-0.1, -0.05) is 120 Å². The summed E-state index contributed by atoms with van der Waals surface area (Å²) in [6.07, 6.45) is 0. The van der Waals surface area contributed by atoms with E-state index in [1.165, 1.54) is 38.2 Å². The summed E-state index contributed by atoms with van der Waals surface area (Å²) in [4.78, 5) is 3.80. The zero-order valence-corrected chi connectivity index (χ0v) is 37.0. The van der Waals surface area contributed by atoms with E-state index in [2.05, 4.69) is 195 Å². The maximum Gasteiger partial charge on any atom is 0.188 e. The molecular weight excluding hydrogens is 777 g/mol. The SMILES string of the molecule is [C-]#[N+]c1ccc2c(c1)c1cc(-c3ccc4c(C(C)(C)C)c5cc(-c6ccc7c(c6)c6cc(C#N)ccc6n7-c6ccccc6)ccc5c(C(C)(C)C)c4c3)ccc1n2-c1ccccc1. The van der Waals surface area contributed by atoms with Crippen LogP contribution in [0.5, 0.6) is 0 Å². The van der Waals surface area contributed by atoms with Crippen LogP contribution in [0.15, 0.2) is 170 Å². The molecule has 0 unspecified atom stereocenters. The van der Waals surface area contributed by atoms with Crippen LogP contribution < -0.4 is 0 Å². The van der Waals surface area contributed by atoms with Crippen molar-refractivity contribution in [3.05, 3.63) is 198 Å². The van der Waals surface area contributed by atoms with Crippen LogP contribution in [0.1, 0.15) is 58.2 Å². The molecule has 0 aliphatic heterocycles. The minimum Gasteiger partial charge on any atom is -0.309 e. The zero-order chi connectivity index (χ0) is 44.1. The number of para-hydroxylation sites is 2. The van der Waals surface area contributed by atoms with Gasteiger partial charge in [-0.3, -0.25) is 0 Å².